The lowest BCUT2D eigenvalue weighted by Crippen LogP contribution is -2.36. The number of aromatic nitrogens is 3. The molecule has 3 heterocycles. The van der Waals surface area contributed by atoms with Crippen molar-refractivity contribution in [2.24, 2.45) is 12.8 Å². The Bertz CT molecular complexity index is 1040. The molecule has 29 heavy (non-hydrogen) atoms. The molecule has 3 aromatic rings. The molecule has 152 valence electrons. The molecule has 2 aromatic heterocycles. The van der Waals surface area contributed by atoms with Gasteiger partial charge >= 0.3 is 0 Å². The van der Waals surface area contributed by atoms with Crippen molar-refractivity contribution in [3.05, 3.63) is 47.0 Å². The normalized spacial score (nSPS) is 14.3. The molecular formula is C21H25N5O3. The minimum Gasteiger partial charge on any atom is -0.477 e. The number of hydrogen-bond donors (Lipinski definition) is 1. The van der Waals surface area contributed by atoms with E-state index in [0.717, 1.165) is 43.2 Å². The molecule has 0 radical (unpaired) electrons. The number of nitrogens with two attached hydrogens (primary N) is 1. The molecule has 4 rings (SSSR count). The zero-order chi connectivity index (χ0) is 20.2. The highest BCUT2D eigenvalue weighted by Crippen LogP contribution is 2.28. The number of anilines is 1. The van der Waals surface area contributed by atoms with Crippen LogP contribution in [0.4, 0.5) is 5.69 Å². The number of morpholine rings is 1. The van der Waals surface area contributed by atoms with Crippen LogP contribution in [0.3, 0.4) is 0 Å². The highest BCUT2D eigenvalue weighted by molar-refractivity contribution is 5.86. The van der Waals surface area contributed by atoms with E-state index in [9.17, 15) is 4.79 Å². The number of nitrogens with zero attached hydrogens (tertiary/aromatic N) is 4. The molecule has 1 aliphatic heterocycles. The Hall–Kier alpha value is -2.97. The van der Waals surface area contributed by atoms with Crippen molar-refractivity contribution in [1.29, 1.82) is 0 Å². The van der Waals surface area contributed by atoms with Crippen molar-refractivity contribution in [2.75, 3.05) is 44.4 Å². The van der Waals surface area contributed by atoms with Gasteiger partial charge in [0.25, 0.3) is 5.56 Å². The summed E-state index contributed by atoms with van der Waals surface area (Å²) in [6.07, 6.45) is 2.20. The first-order valence-electron chi connectivity index (χ1n) is 9.80. The summed E-state index contributed by atoms with van der Waals surface area (Å²) in [6.45, 7) is 4.18. The number of ether oxygens (including phenoxy) is 2. The van der Waals surface area contributed by atoms with Gasteiger partial charge in [0, 0.05) is 31.4 Å². The van der Waals surface area contributed by atoms with Crippen molar-refractivity contribution < 1.29 is 9.47 Å². The average molecular weight is 395 g/mol. The molecule has 2 N–H and O–H groups in total. The Labute approximate surface area is 168 Å². The highest BCUT2D eigenvalue weighted by atomic mass is 16.5. The summed E-state index contributed by atoms with van der Waals surface area (Å²) < 4.78 is 12.7. The molecule has 0 spiro atoms. The Morgan fingerprint density at radius 1 is 1.21 bits per heavy atom. The summed E-state index contributed by atoms with van der Waals surface area (Å²) in [5.74, 6) is 0.303. The SMILES string of the molecule is Cn1cnc2cc(-c3ccc(N4CCOCC4)cc3)nc(OCCCN)c2c1=O. The number of pyridine rings is 1. The molecular weight excluding hydrogens is 370 g/mol. The first-order valence-corrected chi connectivity index (χ1v) is 9.80. The third-order valence-corrected chi connectivity index (χ3v) is 5.00. The van der Waals surface area contributed by atoms with Crippen LogP contribution in [0.1, 0.15) is 6.42 Å². The predicted molar refractivity (Wildman–Crippen MR) is 112 cm³/mol. The summed E-state index contributed by atoms with van der Waals surface area (Å²) >= 11 is 0. The Kier molecular flexibility index (Phi) is 5.73. The Balaban J connectivity index is 1.71. The van der Waals surface area contributed by atoms with Crippen LogP contribution in [0, 0.1) is 0 Å². The maximum absolute atomic E-state index is 12.6. The maximum atomic E-state index is 12.6. The zero-order valence-corrected chi connectivity index (χ0v) is 16.5. The minimum atomic E-state index is -0.181. The maximum Gasteiger partial charge on any atom is 0.266 e. The average Bonchev–Trinajstić information content (AvgIpc) is 2.77. The largest absolute Gasteiger partial charge is 0.477 e. The number of rotatable bonds is 6. The topological polar surface area (TPSA) is 95.5 Å². The van der Waals surface area contributed by atoms with Gasteiger partial charge in [-0.3, -0.25) is 4.79 Å². The molecule has 0 atom stereocenters. The van der Waals surface area contributed by atoms with Gasteiger partial charge in [-0.25, -0.2) is 9.97 Å². The van der Waals surface area contributed by atoms with Gasteiger partial charge in [-0.05, 0) is 31.2 Å². The van der Waals surface area contributed by atoms with Crippen LogP contribution in [0.15, 0.2) is 41.5 Å². The summed E-state index contributed by atoms with van der Waals surface area (Å²) in [6, 6.07) is 10.1. The van der Waals surface area contributed by atoms with Gasteiger partial charge in [0.05, 0.1) is 37.4 Å². The number of benzene rings is 1. The quantitative estimate of drug-likeness (QED) is 0.633. The second kappa shape index (κ2) is 8.59. The van der Waals surface area contributed by atoms with Gasteiger partial charge in [0.15, 0.2) is 0 Å². The van der Waals surface area contributed by atoms with Crippen LogP contribution in [0.25, 0.3) is 22.2 Å². The van der Waals surface area contributed by atoms with E-state index in [4.69, 9.17) is 15.2 Å². The molecule has 1 saturated heterocycles. The summed E-state index contributed by atoms with van der Waals surface area (Å²) in [5, 5.41) is 0.390. The first kappa shape index (κ1) is 19.4. The zero-order valence-electron chi connectivity index (χ0n) is 16.5. The van der Waals surface area contributed by atoms with E-state index >= 15 is 0 Å². The molecule has 0 unspecified atom stereocenters. The summed E-state index contributed by atoms with van der Waals surface area (Å²) in [5.41, 5.74) is 8.77. The van der Waals surface area contributed by atoms with Crippen LogP contribution in [0.5, 0.6) is 5.88 Å². The van der Waals surface area contributed by atoms with Crippen molar-refractivity contribution in [3.63, 3.8) is 0 Å². The molecule has 1 aromatic carbocycles. The van der Waals surface area contributed by atoms with Crippen LogP contribution in [-0.4, -0.2) is 54.0 Å². The molecule has 0 amide bonds. The summed E-state index contributed by atoms with van der Waals surface area (Å²) in [4.78, 5) is 24.0. The van der Waals surface area contributed by atoms with E-state index in [0.29, 0.717) is 36.4 Å². The molecule has 8 nitrogen and oxygen atoms in total. The van der Waals surface area contributed by atoms with Gasteiger partial charge in [-0.2, -0.15) is 0 Å². The predicted octanol–water partition coefficient (Wildman–Crippen LogP) is 1.56. The Morgan fingerprint density at radius 2 is 1.97 bits per heavy atom. The lowest BCUT2D eigenvalue weighted by atomic mass is 10.1. The lowest BCUT2D eigenvalue weighted by Gasteiger charge is -2.28. The fourth-order valence-corrected chi connectivity index (χ4v) is 3.36. The molecule has 1 fully saturated rings. The highest BCUT2D eigenvalue weighted by Gasteiger charge is 2.15. The molecule has 8 heteroatoms. The summed E-state index contributed by atoms with van der Waals surface area (Å²) in [7, 11) is 1.66. The van der Waals surface area contributed by atoms with Gasteiger partial charge in [-0.1, -0.05) is 12.1 Å². The van der Waals surface area contributed by atoms with Gasteiger partial charge < -0.3 is 24.7 Å². The van der Waals surface area contributed by atoms with Crippen molar-refractivity contribution >= 4 is 16.6 Å². The van der Waals surface area contributed by atoms with Crippen molar-refractivity contribution in [1.82, 2.24) is 14.5 Å². The third-order valence-electron chi connectivity index (χ3n) is 5.00. The second-order valence-corrected chi connectivity index (χ2v) is 7.00. The van der Waals surface area contributed by atoms with E-state index < -0.39 is 0 Å². The van der Waals surface area contributed by atoms with Crippen LogP contribution in [-0.2, 0) is 11.8 Å². The lowest BCUT2D eigenvalue weighted by molar-refractivity contribution is 0.122. The molecule has 0 aliphatic carbocycles. The van der Waals surface area contributed by atoms with Crippen LogP contribution < -0.4 is 20.9 Å². The van der Waals surface area contributed by atoms with E-state index in [1.165, 1.54) is 10.9 Å². The smallest absolute Gasteiger partial charge is 0.266 e. The number of hydrogen-bond acceptors (Lipinski definition) is 7. The standard InChI is InChI=1S/C21H25N5O3/c1-25-14-23-18-13-17(24-20(19(18)21(25)27)29-10-2-7-22)15-3-5-16(6-4-15)26-8-11-28-12-9-26/h3-6,13-14H,2,7-12,22H2,1H3. The molecule has 0 saturated carbocycles. The number of fused-ring (bicyclic) bond motifs is 1. The van der Waals surface area contributed by atoms with Crippen molar-refractivity contribution in [2.45, 2.75) is 6.42 Å². The van der Waals surface area contributed by atoms with Crippen LogP contribution >= 0.6 is 0 Å². The first-order chi connectivity index (χ1) is 14.2. The van der Waals surface area contributed by atoms with Gasteiger partial charge in [0.2, 0.25) is 5.88 Å². The van der Waals surface area contributed by atoms with Gasteiger partial charge in [-0.15, -0.1) is 0 Å². The van der Waals surface area contributed by atoms with E-state index in [2.05, 4.69) is 27.0 Å². The Morgan fingerprint density at radius 3 is 2.69 bits per heavy atom. The monoisotopic (exact) mass is 395 g/mol. The fourth-order valence-electron chi connectivity index (χ4n) is 3.36. The second-order valence-electron chi connectivity index (χ2n) is 7.00. The fraction of sp³-hybridized carbons (Fsp3) is 0.381. The molecule has 0 bridgehead atoms. The van der Waals surface area contributed by atoms with Crippen LogP contribution in [0.2, 0.25) is 0 Å². The van der Waals surface area contributed by atoms with Crippen molar-refractivity contribution in [3.8, 4) is 17.1 Å². The third kappa shape index (κ3) is 4.08. The van der Waals surface area contributed by atoms with Gasteiger partial charge in [0.1, 0.15) is 5.39 Å². The minimum absolute atomic E-state index is 0.181. The van der Waals surface area contributed by atoms with E-state index in [-0.39, 0.29) is 5.56 Å². The number of aryl methyl sites for hydroxylation is 1. The molecule has 1 aliphatic rings. The van der Waals surface area contributed by atoms with E-state index in [1.54, 1.807) is 7.05 Å². The van der Waals surface area contributed by atoms with E-state index in [1.807, 2.05) is 18.2 Å².